The molecule has 6 heteroatoms. The highest BCUT2D eigenvalue weighted by Crippen LogP contribution is 1.98. The van der Waals surface area contributed by atoms with Crippen LogP contribution in [0.3, 0.4) is 0 Å². The fraction of sp³-hybridized carbons (Fsp3) is 0.0909. The van der Waals surface area contributed by atoms with E-state index in [1.54, 1.807) is 6.07 Å². The Labute approximate surface area is 96.2 Å². The van der Waals surface area contributed by atoms with Gasteiger partial charge in [0, 0.05) is 12.4 Å². The topological polar surface area (TPSA) is 85.1 Å². The van der Waals surface area contributed by atoms with Gasteiger partial charge < -0.3 is 9.67 Å². The number of carboxylic acid groups (broad SMARTS) is 1. The lowest BCUT2D eigenvalue weighted by Crippen LogP contribution is -2.26. The van der Waals surface area contributed by atoms with Gasteiger partial charge in [-0.05, 0) is 23.8 Å². The number of hydrogen-bond donors (Lipinski definition) is 1. The van der Waals surface area contributed by atoms with Crippen molar-refractivity contribution >= 4 is 5.97 Å². The van der Waals surface area contributed by atoms with E-state index in [1.165, 1.54) is 35.3 Å². The van der Waals surface area contributed by atoms with E-state index < -0.39 is 11.5 Å². The predicted octanol–water partition coefficient (Wildman–Crippen LogP) is 0.385. The van der Waals surface area contributed by atoms with Crippen molar-refractivity contribution < 1.29 is 9.90 Å². The normalized spacial score (nSPS) is 10.1. The maximum absolute atomic E-state index is 11.8. The van der Waals surface area contributed by atoms with Gasteiger partial charge in [0.25, 0.3) is 5.56 Å². The van der Waals surface area contributed by atoms with Gasteiger partial charge in [-0.15, -0.1) is 0 Å². The molecule has 0 unspecified atom stereocenters. The molecule has 6 nitrogen and oxygen atoms in total. The molecule has 2 aromatic rings. The summed E-state index contributed by atoms with van der Waals surface area (Å²) in [5.41, 5.74) is 0.0102. The lowest BCUT2D eigenvalue weighted by Gasteiger charge is -2.05. The summed E-state index contributed by atoms with van der Waals surface area (Å²) in [6.07, 6.45) is 4.58. The second kappa shape index (κ2) is 4.56. The van der Waals surface area contributed by atoms with Crippen LogP contribution < -0.4 is 5.56 Å². The molecule has 2 rings (SSSR count). The molecule has 0 amide bonds. The van der Waals surface area contributed by atoms with E-state index in [4.69, 9.17) is 5.11 Å². The zero-order chi connectivity index (χ0) is 12.3. The lowest BCUT2D eigenvalue weighted by atomic mass is 10.2. The fourth-order valence-electron chi connectivity index (χ4n) is 1.43. The maximum Gasteiger partial charge on any atom is 0.341 e. The molecule has 0 aliphatic rings. The van der Waals surface area contributed by atoms with Gasteiger partial charge >= 0.3 is 5.97 Å². The maximum atomic E-state index is 11.8. The third kappa shape index (κ3) is 2.36. The van der Waals surface area contributed by atoms with Gasteiger partial charge in [0.05, 0.1) is 12.7 Å². The summed E-state index contributed by atoms with van der Waals surface area (Å²) in [6.45, 7) is 0.273. The molecular weight excluding hydrogens is 222 g/mol. The molecule has 0 atom stereocenters. The van der Waals surface area contributed by atoms with E-state index in [1.807, 2.05) is 0 Å². The van der Waals surface area contributed by atoms with Gasteiger partial charge in [0.1, 0.15) is 5.56 Å². The molecule has 0 aromatic carbocycles. The molecule has 0 aliphatic heterocycles. The number of nitrogens with zero attached hydrogens (tertiary/aromatic N) is 3. The van der Waals surface area contributed by atoms with Crippen molar-refractivity contribution in [2.75, 3.05) is 0 Å². The zero-order valence-electron chi connectivity index (χ0n) is 8.78. The SMILES string of the molecule is O=C(O)c1cccn(Cc2ccnnc2)c1=O. The van der Waals surface area contributed by atoms with E-state index in [0.717, 1.165) is 5.56 Å². The van der Waals surface area contributed by atoms with Crippen LogP contribution in [0.2, 0.25) is 0 Å². The average molecular weight is 231 g/mol. The van der Waals surface area contributed by atoms with Crippen molar-refractivity contribution in [1.29, 1.82) is 0 Å². The van der Waals surface area contributed by atoms with Crippen molar-refractivity contribution in [3.8, 4) is 0 Å². The Hall–Kier alpha value is -2.50. The summed E-state index contributed by atoms with van der Waals surface area (Å²) >= 11 is 0. The first kappa shape index (κ1) is 11.0. The van der Waals surface area contributed by atoms with Crippen LogP contribution in [0.15, 0.2) is 41.6 Å². The predicted molar refractivity (Wildman–Crippen MR) is 58.8 cm³/mol. The van der Waals surface area contributed by atoms with Crippen LogP contribution in [-0.2, 0) is 6.54 Å². The minimum Gasteiger partial charge on any atom is -0.477 e. The highest BCUT2D eigenvalue weighted by Gasteiger charge is 2.09. The highest BCUT2D eigenvalue weighted by molar-refractivity contribution is 5.86. The lowest BCUT2D eigenvalue weighted by molar-refractivity contribution is 0.0694. The summed E-state index contributed by atoms with van der Waals surface area (Å²) in [5.74, 6) is -1.22. The average Bonchev–Trinajstić information content (AvgIpc) is 2.33. The van der Waals surface area contributed by atoms with Gasteiger partial charge in [0.2, 0.25) is 0 Å². The molecule has 86 valence electrons. The van der Waals surface area contributed by atoms with Crippen LogP contribution in [-0.4, -0.2) is 25.8 Å². The molecule has 2 aromatic heterocycles. The van der Waals surface area contributed by atoms with E-state index >= 15 is 0 Å². The highest BCUT2D eigenvalue weighted by atomic mass is 16.4. The Kier molecular flexibility index (Phi) is 2.95. The molecule has 1 N–H and O–H groups in total. The number of rotatable bonds is 3. The number of hydrogen-bond acceptors (Lipinski definition) is 4. The third-order valence-corrected chi connectivity index (χ3v) is 2.25. The first-order chi connectivity index (χ1) is 8.18. The van der Waals surface area contributed by atoms with E-state index in [0.29, 0.717) is 0 Å². The molecular formula is C11H9N3O3. The van der Waals surface area contributed by atoms with Crippen molar-refractivity contribution in [2.24, 2.45) is 0 Å². The van der Waals surface area contributed by atoms with Crippen molar-refractivity contribution in [3.63, 3.8) is 0 Å². The monoisotopic (exact) mass is 231 g/mol. The first-order valence-electron chi connectivity index (χ1n) is 4.87. The van der Waals surface area contributed by atoms with Crippen molar-refractivity contribution in [1.82, 2.24) is 14.8 Å². The molecule has 0 fully saturated rings. The van der Waals surface area contributed by atoms with E-state index in [-0.39, 0.29) is 12.1 Å². The number of pyridine rings is 1. The van der Waals surface area contributed by atoms with Crippen LogP contribution in [0.4, 0.5) is 0 Å². The molecule has 0 saturated carbocycles. The molecule has 17 heavy (non-hydrogen) atoms. The van der Waals surface area contributed by atoms with E-state index in [2.05, 4.69) is 10.2 Å². The standard InChI is InChI=1S/C11H9N3O3/c15-10-9(11(16)17)2-1-5-14(10)7-8-3-4-12-13-6-8/h1-6H,7H2,(H,16,17). The van der Waals surface area contributed by atoms with Gasteiger partial charge in [0.15, 0.2) is 0 Å². The molecule has 0 saturated heterocycles. The minimum absolute atomic E-state index is 0.241. The van der Waals surface area contributed by atoms with Gasteiger partial charge in [-0.2, -0.15) is 10.2 Å². The molecule has 0 radical (unpaired) electrons. The molecule has 2 heterocycles. The van der Waals surface area contributed by atoms with Gasteiger partial charge in [-0.25, -0.2) is 4.79 Å². The Morgan fingerprint density at radius 3 is 2.82 bits per heavy atom. The van der Waals surface area contributed by atoms with Crippen molar-refractivity contribution in [2.45, 2.75) is 6.54 Å². The first-order valence-corrected chi connectivity index (χ1v) is 4.87. The summed E-state index contributed by atoms with van der Waals surface area (Å²) in [6, 6.07) is 4.53. The van der Waals surface area contributed by atoms with E-state index in [9.17, 15) is 9.59 Å². The van der Waals surface area contributed by atoms with Gasteiger partial charge in [-0.1, -0.05) is 0 Å². The number of aromatic nitrogens is 3. The quantitative estimate of drug-likeness (QED) is 0.825. The van der Waals surface area contributed by atoms with Crippen LogP contribution >= 0.6 is 0 Å². The van der Waals surface area contributed by atoms with Crippen LogP contribution in [0.1, 0.15) is 15.9 Å². The smallest absolute Gasteiger partial charge is 0.341 e. The zero-order valence-corrected chi connectivity index (χ0v) is 8.78. The number of carboxylic acids is 1. The fourth-order valence-corrected chi connectivity index (χ4v) is 1.43. The second-order valence-electron chi connectivity index (χ2n) is 3.41. The third-order valence-electron chi connectivity index (χ3n) is 2.25. The van der Waals surface area contributed by atoms with Crippen LogP contribution in [0.25, 0.3) is 0 Å². The Bertz CT molecular complexity index is 592. The second-order valence-corrected chi connectivity index (χ2v) is 3.41. The summed E-state index contributed by atoms with van der Waals surface area (Å²) in [5, 5.41) is 16.1. The van der Waals surface area contributed by atoms with Crippen molar-refractivity contribution in [3.05, 3.63) is 58.3 Å². The van der Waals surface area contributed by atoms with Crippen LogP contribution in [0, 0.1) is 0 Å². The Morgan fingerprint density at radius 1 is 1.35 bits per heavy atom. The number of aromatic carboxylic acids is 1. The van der Waals surface area contributed by atoms with Gasteiger partial charge in [-0.3, -0.25) is 4.79 Å². The molecule has 0 spiro atoms. The summed E-state index contributed by atoms with van der Waals surface area (Å²) < 4.78 is 1.32. The Balaban J connectivity index is 2.38. The largest absolute Gasteiger partial charge is 0.477 e. The summed E-state index contributed by atoms with van der Waals surface area (Å²) in [7, 11) is 0. The van der Waals surface area contributed by atoms with Crippen LogP contribution in [0.5, 0.6) is 0 Å². The summed E-state index contributed by atoms with van der Waals surface area (Å²) in [4.78, 5) is 22.6. The molecule has 0 aliphatic carbocycles. The number of carbonyl (C=O) groups is 1. The molecule has 0 bridgehead atoms. The Morgan fingerprint density at radius 2 is 2.18 bits per heavy atom. The minimum atomic E-state index is -1.22.